The first-order valence-electron chi connectivity index (χ1n) is 8.29. The predicted molar refractivity (Wildman–Crippen MR) is 104 cm³/mol. The second-order valence-electron chi connectivity index (χ2n) is 6.08. The van der Waals surface area contributed by atoms with Crippen molar-refractivity contribution in [2.75, 3.05) is 10.0 Å². The van der Waals surface area contributed by atoms with Crippen molar-refractivity contribution < 1.29 is 22.7 Å². The first-order chi connectivity index (χ1) is 13.7. The first-order valence-corrected chi connectivity index (χ1v) is 9.78. The summed E-state index contributed by atoms with van der Waals surface area (Å²) in [5.74, 6) is -0.657. The zero-order valence-corrected chi connectivity index (χ0v) is 16.2. The van der Waals surface area contributed by atoms with E-state index in [-0.39, 0.29) is 27.7 Å². The molecule has 29 heavy (non-hydrogen) atoms. The number of carbonyl (C=O) groups is 1. The van der Waals surface area contributed by atoms with Gasteiger partial charge >= 0.3 is 0 Å². The number of hydrogen-bond donors (Lipinski definition) is 2. The summed E-state index contributed by atoms with van der Waals surface area (Å²) in [4.78, 5) is 22.7. The molecule has 11 heteroatoms. The molecule has 10 nitrogen and oxygen atoms in total. The van der Waals surface area contributed by atoms with E-state index in [0.29, 0.717) is 11.3 Å². The molecule has 0 bridgehead atoms. The van der Waals surface area contributed by atoms with Gasteiger partial charge in [-0.15, -0.1) is 0 Å². The lowest BCUT2D eigenvalue weighted by Gasteiger charge is -2.08. The Morgan fingerprint density at radius 3 is 2.34 bits per heavy atom. The minimum atomic E-state index is -3.92. The number of benzene rings is 2. The second-order valence-corrected chi connectivity index (χ2v) is 7.76. The number of nitro groups is 1. The fraction of sp³-hybridized carbons (Fsp3) is 0.111. The summed E-state index contributed by atoms with van der Waals surface area (Å²) in [5.41, 5.74) is 0.981. The van der Waals surface area contributed by atoms with Crippen molar-refractivity contribution in [2.45, 2.75) is 18.7 Å². The molecule has 0 fully saturated rings. The molecule has 0 aliphatic heterocycles. The molecule has 150 valence electrons. The van der Waals surface area contributed by atoms with Crippen molar-refractivity contribution in [3.05, 3.63) is 75.5 Å². The molecule has 0 spiro atoms. The van der Waals surface area contributed by atoms with E-state index in [9.17, 15) is 23.3 Å². The van der Waals surface area contributed by atoms with E-state index >= 15 is 0 Å². The quantitative estimate of drug-likeness (QED) is 0.463. The van der Waals surface area contributed by atoms with Crippen LogP contribution < -0.4 is 10.0 Å². The Bertz CT molecular complexity index is 1190. The summed E-state index contributed by atoms with van der Waals surface area (Å²) in [7, 11) is -3.92. The van der Waals surface area contributed by atoms with Crippen molar-refractivity contribution in [2.24, 2.45) is 0 Å². The van der Waals surface area contributed by atoms with Crippen molar-refractivity contribution in [1.82, 2.24) is 5.16 Å². The standard InChI is InChI=1S/C18H16N4O6S/c1-11-12(2)20-28-18(11)21-29(26,27)14-9-7-13(8-10-14)19-17(23)15-5-3-4-6-16(15)22(24)25/h3-10,21H,1-2H3,(H,19,23). The maximum atomic E-state index is 12.5. The molecule has 1 aromatic heterocycles. The molecule has 0 unspecified atom stereocenters. The van der Waals surface area contributed by atoms with Gasteiger partial charge in [-0.1, -0.05) is 17.3 Å². The third kappa shape index (κ3) is 4.24. The molecule has 2 N–H and O–H groups in total. The van der Waals surface area contributed by atoms with Gasteiger partial charge in [0.2, 0.25) is 5.88 Å². The number of nitrogens with one attached hydrogen (secondary N) is 2. The monoisotopic (exact) mass is 416 g/mol. The topological polar surface area (TPSA) is 144 Å². The summed E-state index contributed by atoms with van der Waals surface area (Å²) >= 11 is 0. The van der Waals surface area contributed by atoms with Crippen LogP contribution in [0.3, 0.4) is 0 Å². The Kier molecular flexibility index (Phi) is 5.33. The van der Waals surface area contributed by atoms with Gasteiger partial charge in [-0.3, -0.25) is 14.9 Å². The number of rotatable bonds is 6. The van der Waals surface area contributed by atoms with Gasteiger partial charge in [0.15, 0.2) is 0 Å². The summed E-state index contributed by atoms with van der Waals surface area (Å²) in [6, 6.07) is 10.8. The number of anilines is 2. The highest BCUT2D eigenvalue weighted by atomic mass is 32.2. The highest BCUT2D eigenvalue weighted by Gasteiger charge is 2.21. The van der Waals surface area contributed by atoms with Gasteiger partial charge in [-0.2, -0.15) is 0 Å². The lowest BCUT2D eigenvalue weighted by Crippen LogP contribution is -2.15. The SMILES string of the molecule is Cc1noc(NS(=O)(=O)c2ccc(NC(=O)c3ccccc3[N+](=O)[O-])cc2)c1C. The summed E-state index contributed by atoms with van der Waals surface area (Å²) in [6.45, 7) is 3.36. The van der Waals surface area contributed by atoms with Gasteiger partial charge < -0.3 is 9.84 Å². The zero-order valence-electron chi connectivity index (χ0n) is 15.4. The summed E-state index contributed by atoms with van der Waals surface area (Å²) in [6.07, 6.45) is 0. The molecule has 0 saturated carbocycles. The molecule has 3 rings (SSSR count). The van der Waals surface area contributed by atoms with E-state index in [0.717, 1.165) is 0 Å². The van der Waals surface area contributed by atoms with Crippen LogP contribution in [0.4, 0.5) is 17.3 Å². The molecular weight excluding hydrogens is 400 g/mol. The average Bonchev–Trinajstić information content (AvgIpc) is 3.00. The summed E-state index contributed by atoms with van der Waals surface area (Å²) in [5, 5.41) is 17.2. The highest BCUT2D eigenvalue weighted by Crippen LogP contribution is 2.23. The molecule has 1 heterocycles. The van der Waals surface area contributed by atoms with E-state index in [1.165, 1.54) is 48.5 Å². The van der Waals surface area contributed by atoms with Crippen LogP contribution in [0.25, 0.3) is 0 Å². The molecule has 0 radical (unpaired) electrons. The Labute approximate surface area is 165 Å². The van der Waals surface area contributed by atoms with Gasteiger partial charge in [-0.05, 0) is 44.2 Å². The van der Waals surface area contributed by atoms with Gasteiger partial charge in [0.1, 0.15) is 5.56 Å². The van der Waals surface area contributed by atoms with Gasteiger partial charge in [0.25, 0.3) is 21.6 Å². The zero-order chi connectivity index (χ0) is 21.2. The minimum absolute atomic E-state index is 0.0243. The van der Waals surface area contributed by atoms with E-state index < -0.39 is 20.9 Å². The van der Waals surface area contributed by atoms with Crippen molar-refractivity contribution in [1.29, 1.82) is 0 Å². The van der Waals surface area contributed by atoms with Crippen molar-refractivity contribution in [3.8, 4) is 0 Å². The van der Waals surface area contributed by atoms with Crippen LogP contribution in [0.1, 0.15) is 21.6 Å². The molecular formula is C18H16N4O6S. The highest BCUT2D eigenvalue weighted by molar-refractivity contribution is 7.92. The average molecular weight is 416 g/mol. The fourth-order valence-electron chi connectivity index (χ4n) is 2.43. The first kappa shape index (κ1) is 20.0. The van der Waals surface area contributed by atoms with Crippen LogP contribution in [-0.2, 0) is 10.0 Å². The van der Waals surface area contributed by atoms with Crippen LogP contribution in [0.15, 0.2) is 57.9 Å². The van der Waals surface area contributed by atoms with E-state index in [4.69, 9.17) is 4.52 Å². The number of aryl methyl sites for hydroxylation is 1. The lowest BCUT2D eigenvalue weighted by molar-refractivity contribution is -0.385. The maximum Gasteiger partial charge on any atom is 0.282 e. The van der Waals surface area contributed by atoms with Crippen LogP contribution in [0, 0.1) is 24.0 Å². The number of amides is 1. The number of aromatic nitrogens is 1. The van der Waals surface area contributed by atoms with E-state index in [2.05, 4.69) is 15.2 Å². The number of carbonyl (C=O) groups excluding carboxylic acids is 1. The minimum Gasteiger partial charge on any atom is -0.337 e. The van der Waals surface area contributed by atoms with Crippen LogP contribution in [0.5, 0.6) is 0 Å². The number of para-hydroxylation sites is 1. The third-order valence-corrected chi connectivity index (χ3v) is 5.50. The molecule has 2 aromatic carbocycles. The van der Waals surface area contributed by atoms with E-state index in [1.54, 1.807) is 13.8 Å². The predicted octanol–water partition coefficient (Wildman–Crippen LogP) is 3.25. The summed E-state index contributed by atoms with van der Waals surface area (Å²) < 4.78 is 32.2. The Morgan fingerprint density at radius 1 is 1.10 bits per heavy atom. The second kappa shape index (κ2) is 7.72. The molecule has 0 atom stereocenters. The smallest absolute Gasteiger partial charge is 0.282 e. The number of nitrogens with zero attached hydrogens (tertiary/aromatic N) is 2. The molecule has 0 saturated heterocycles. The van der Waals surface area contributed by atoms with E-state index in [1.807, 2.05) is 0 Å². The normalized spacial score (nSPS) is 11.1. The molecule has 1 amide bonds. The molecule has 0 aliphatic carbocycles. The number of hydrogen-bond acceptors (Lipinski definition) is 7. The van der Waals surface area contributed by atoms with Crippen molar-refractivity contribution >= 4 is 33.2 Å². The largest absolute Gasteiger partial charge is 0.337 e. The van der Waals surface area contributed by atoms with Gasteiger partial charge in [0, 0.05) is 17.3 Å². The maximum absolute atomic E-state index is 12.5. The Morgan fingerprint density at radius 2 is 1.76 bits per heavy atom. The lowest BCUT2D eigenvalue weighted by atomic mass is 10.1. The van der Waals surface area contributed by atoms with Crippen LogP contribution >= 0.6 is 0 Å². The van der Waals surface area contributed by atoms with Crippen LogP contribution in [-0.4, -0.2) is 24.4 Å². The van der Waals surface area contributed by atoms with Crippen molar-refractivity contribution in [3.63, 3.8) is 0 Å². The third-order valence-electron chi connectivity index (χ3n) is 4.15. The number of nitro benzene ring substituents is 1. The number of sulfonamides is 1. The van der Waals surface area contributed by atoms with Crippen LogP contribution in [0.2, 0.25) is 0 Å². The molecule has 0 aliphatic rings. The fourth-order valence-corrected chi connectivity index (χ4v) is 3.48. The Balaban J connectivity index is 1.77. The Hall–Kier alpha value is -3.73. The molecule has 3 aromatic rings. The van der Waals surface area contributed by atoms with Gasteiger partial charge in [0.05, 0.1) is 15.5 Å². The van der Waals surface area contributed by atoms with Gasteiger partial charge in [-0.25, -0.2) is 13.1 Å².